The highest BCUT2D eigenvalue weighted by Crippen LogP contribution is 2.29. The number of halogens is 2. The summed E-state index contributed by atoms with van der Waals surface area (Å²) in [5, 5.41) is 7.07. The lowest BCUT2D eigenvalue weighted by Gasteiger charge is -2.11. The highest BCUT2D eigenvalue weighted by Gasteiger charge is 2.09. The minimum atomic E-state index is -0.408. The van der Waals surface area contributed by atoms with Crippen molar-refractivity contribution < 1.29 is 9.53 Å². The smallest absolute Gasteiger partial charge is 0.319 e. The van der Waals surface area contributed by atoms with Crippen molar-refractivity contribution in [3.8, 4) is 5.75 Å². The summed E-state index contributed by atoms with van der Waals surface area (Å²) in [5.41, 5.74) is 1.17. The number of nitrogens with one attached hydrogen (secondary N) is 2. The van der Waals surface area contributed by atoms with Crippen LogP contribution >= 0.6 is 23.2 Å². The van der Waals surface area contributed by atoms with Crippen LogP contribution in [0.5, 0.6) is 5.75 Å². The molecule has 0 saturated heterocycles. The molecule has 2 N–H and O–H groups in total. The van der Waals surface area contributed by atoms with Crippen LogP contribution in [0.25, 0.3) is 10.9 Å². The number of urea groups is 1. The average Bonchev–Trinajstić information content (AvgIpc) is 2.62. The largest absolute Gasteiger partial charge is 0.489 e. The Morgan fingerprint density at radius 2 is 1.76 bits per heavy atom. The standard InChI is InChI=1S/C18H15Cl2N3O2/c19-13-6-2-7-14(20)17(13)23-18(24)22-10-11-25-15-8-1-4-12-5-3-9-21-16(12)15/h1-9H,10-11H2,(H2,22,23,24). The lowest BCUT2D eigenvalue weighted by atomic mass is 10.2. The van der Waals surface area contributed by atoms with E-state index >= 15 is 0 Å². The maximum atomic E-state index is 11.9. The molecule has 0 atom stereocenters. The summed E-state index contributed by atoms with van der Waals surface area (Å²) in [6.45, 7) is 0.622. The zero-order valence-corrected chi connectivity index (χ0v) is 14.6. The molecule has 25 heavy (non-hydrogen) atoms. The molecular formula is C18H15Cl2N3O2. The molecule has 3 rings (SSSR count). The van der Waals surface area contributed by atoms with Gasteiger partial charge in [-0.3, -0.25) is 4.98 Å². The SMILES string of the molecule is O=C(NCCOc1cccc2cccnc12)Nc1c(Cl)cccc1Cl. The molecule has 0 radical (unpaired) electrons. The first-order valence-electron chi connectivity index (χ1n) is 7.60. The van der Waals surface area contributed by atoms with E-state index in [0.29, 0.717) is 34.6 Å². The third-order valence-corrected chi connectivity index (χ3v) is 4.07. The Hall–Kier alpha value is -2.50. The Kier molecular flexibility index (Phi) is 5.58. The van der Waals surface area contributed by atoms with Crippen molar-refractivity contribution in [1.29, 1.82) is 0 Å². The van der Waals surface area contributed by atoms with Crippen LogP contribution < -0.4 is 15.4 Å². The van der Waals surface area contributed by atoms with Crippen molar-refractivity contribution in [2.75, 3.05) is 18.5 Å². The number of para-hydroxylation sites is 2. The fraction of sp³-hybridized carbons (Fsp3) is 0.111. The van der Waals surface area contributed by atoms with E-state index in [1.807, 2.05) is 30.3 Å². The highest BCUT2D eigenvalue weighted by molar-refractivity contribution is 6.39. The number of ether oxygens (including phenoxy) is 1. The quantitative estimate of drug-likeness (QED) is 0.632. The van der Waals surface area contributed by atoms with Gasteiger partial charge < -0.3 is 15.4 Å². The number of rotatable bonds is 5. The van der Waals surface area contributed by atoms with Crippen molar-refractivity contribution in [3.05, 3.63) is 64.8 Å². The van der Waals surface area contributed by atoms with Gasteiger partial charge in [0.25, 0.3) is 0 Å². The zero-order chi connectivity index (χ0) is 17.6. The molecule has 3 aromatic rings. The third kappa shape index (κ3) is 4.32. The van der Waals surface area contributed by atoms with E-state index in [2.05, 4.69) is 15.6 Å². The van der Waals surface area contributed by atoms with Crippen LogP contribution in [-0.2, 0) is 0 Å². The topological polar surface area (TPSA) is 63.2 Å². The fourth-order valence-electron chi connectivity index (χ4n) is 2.29. The molecule has 0 aliphatic heterocycles. The normalized spacial score (nSPS) is 10.5. The Morgan fingerprint density at radius 3 is 2.56 bits per heavy atom. The summed E-state index contributed by atoms with van der Waals surface area (Å²) >= 11 is 12.0. The van der Waals surface area contributed by atoms with Gasteiger partial charge in [-0.1, -0.05) is 47.5 Å². The van der Waals surface area contributed by atoms with Crippen LogP contribution in [0.4, 0.5) is 10.5 Å². The van der Waals surface area contributed by atoms with Gasteiger partial charge in [-0.15, -0.1) is 0 Å². The maximum absolute atomic E-state index is 11.9. The Labute approximate surface area is 154 Å². The van der Waals surface area contributed by atoms with Crippen LogP contribution in [-0.4, -0.2) is 24.2 Å². The molecule has 7 heteroatoms. The molecule has 0 bridgehead atoms. The molecule has 5 nitrogen and oxygen atoms in total. The summed E-state index contributed by atoms with van der Waals surface area (Å²) in [6.07, 6.45) is 1.72. The van der Waals surface area contributed by atoms with E-state index in [1.165, 1.54) is 0 Å². The minimum absolute atomic E-state index is 0.305. The second-order valence-corrected chi connectivity index (χ2v) is 5.97. The van der Waals surface area contributed by atoms with Gasteiger partial charge in [0.05, 0.1) is 22.3 Å². The van der Waals surface area contributed by atoms with Gasteiger partial charge in [-0.25, -0.2) is 4.79 Å². The van der Waals surface area contributed by atoms with Crippen molar-refractivity contribution in [3.63, 3.8) is 0 Å². The first kappa shape index (κ1) is 17.3. The van der Waals surface area contributed by atoms with Crippen LogP contribution in [0.3, 0.4) is 0 Å². The van der Waals surface area contributed by atoms with Gasteiger partial charge in [0.2, 0.25) is 0 Å². The lowest BCUT2D eigenvalue weighted by molar-refractivity contribution is 0.247. The number of hydrogen-bond donors (Lipinski definition) is 2. The summed E-state index contributed by atoms with van der Waals surface area (Å²) in [6, 6.07) is 14.2. The molecular weight excluding hydrogens is 361 g/mol. The molecule has 0 spiro atoms. The first-order chi connectivity index (χ1) is 12.1. The molecule has 1 aromatic heterocycles. The first-order valence-corrected chi connectivity index (χ1v) is 8.36. The number of carbonyl (C=O) groups excluding carboxylic acids is 1. The predicted molar refractivity (Wildman–Crippen MR) is 101 cm³/mol. The molecule has 1 heterocycles. The molecule has 0 fully saturated rings. The zero-order valence-electron chi connectivity index (χ0n) is 13.1. The summed E-state index contributed by atoms with van der Waals surface area (Å²) in [7, 11) is 0. The number of amides is 2. The van der Waals surface area contributed by atoms with Gasteiger partial charge in [0, 0.05) is 11.6 Å². The van der Waals surface area contributed by atoms with Gasteiger partial charge >= 0.3 is 6.03 Å². The van der Waals surface area contributed by atoms with Crippen LogP contribution in [0.1, 0.15) is 0 Å². The third-order valence-electron chi connectivity index (χ3n) is 3.44. The maximum Gasteiger partial charge on any atom is 0.319 e. The summed E-state index contributed by atoms with van der Waals surface area (Å²) in [5.74, 6) is 0.675. The average molecular weight is 376 g/mol. The van der Waals surface area contributed by atoms with Crippen molar-refractivity contribution in [2.24, 2.45) is 0 Å². The minimum Gasteiger partial charge on any atom is -0.489 e. The van der Waals surface area contributed by atoms with Crippen LogP contribution in [0, 0.1) is 0 Å². The van der Waals surface area contributed by atoms with Crippen molar-refractivity contribution in [1.82, 2.24) is 10.3 Å². The number of pyridine rings is 1. The second-order valence-electron chi connectivity index (χ2n) is 5.16. The van der Waals surface area contributed by atoms with Gasteiger partial charge in [-0.2, -0.15) is 0 Å². The number of nitrogens with zero attached hydrogens (tertiary/aromatic N) is 1. The molecule has 128 valence electrons. The Bertz CT molecular complexity index is 877. The molecule has 0 aliphatic carbocycles. The second kappa shape index (κ2) is 8.05. The molecule has 0 aliphatic rings. The Morgan fingerprint density at radius 1 is 1.04 bits per heavy atom. The summed E-state index contributed by atoms with van der Waals surface area (Å²) in [4.78, 5) is 16.2. The number of benzene rings is 2. The molecule has 2 aromatic carbocycles. The Balaban J connectivity index is 1.52. The number of fused-ring (bicyclic) bond motifs is 1. The molecule has 2 amide bonds. The van der Waals surface area contributed by atoms with Gasteiger partial charge in [0.1, 0.15) is 17.9 Å². The van der Waals surface area contributed by atoms with Gasteiger partial charge in [0.15, 0.2) is 0 Å². The number of hydrogen-bond acceptors (Lipinski definition) is 3. The van der Waals surface area contributed by atoms with Gasteiger partial charge in [-0.05, 0) is 24.3 Å². The van der Waals surface area contributed by atoms with Crippen LogP contribution in [0.15, 0.2) is 54.7 Å². The predicted octanol–water partition coefficient (Wildman–Crippen LogP) is 4.74. The van der Waals surface area contributed by atoms with Crippen molar-refractivity contribution in [2.45, 2.75) is 0 Å². The van der Waals surface area contributed by atoms with E-state index in [1.54, 1.807) is 24.4 Å². The number of aromatic nitrogens is 1. The fourth-order valence-corrected chi connectivity index (χ4v) is 2.79. The van der Waals surface area contributed by atoms with E-state index < -0.39 is 6.03 Å². The van der Waals surface area contributed by atoms with Crippen LogP contribution in [0.2, 0.25) is 10.0 Å². The number of carbonyl (C=O) groups is 1. The molecule has 0 saturated carbocycles. The van der Waals surface area contributed by atoms with E-state index in [-0.39, 0.29) is 0 Å². The lowest BCUT2D eigenvalue weighted by Crippen LogP contribution is -2.32. The van der Waals surface area contributed by atoms with E-state index in [9.17, 15) is 4.79 Å². The monoisotopic (exact) mass is 375 g/mol. The highest BCUT2D eigenvalue weighted by atomic mass is 35.5. The van der Waals surface area contributed by atoms with Crippen molar-refractivity contribution >= 4 is 45.8 Å². The molecule has 0 unspecified atom stereocenters. The van der Waals surface area contributed by atoms with E-state index in [0.717, 1.165) is 10.9 Å². The van der Waals surface area contributed by atoms with E-state index in [4.69, 9.17) is 27.9 Å². The number of anilines is 1. The summed E-state index contributed by atoms with van der Waals surface area (Å²) < 4.78 is 5.71.